The van der Waals surface area contributed by atoms with E-state index in [-0.39, 0.29) is 5.82 Å². The van der Waals surface area contributed by atoms with Crippen LogP contribution < -0.4 is 5.32 Å². The largest absolute Gasteiger partial charge is 0.340 e. The van der Waals surface area contributed by atoms with Crippen molar-refractivity contribution in [1.82, 2.24) is 9.97 Å². The summed E-state index contributed by atoms with van der Waals surface area (Å²) in [6, 6.07) is 15.7. The lowest BCUT2D eigenvalue weighted by atomic mass is 10.1. The highest BCUT2D eigenvalue weighted by Crippen LogP contribution is 2.29. The van der Waals surface area contributed by atoms with Gasteiger partial charge in [-0.05, 0) is 42.5 Å². The summed E-state index contributed by atoms with van der Waals surface area (Å²) >= 11 is 0. The van der Waals surface area contributed by atoms with Crippen LogP contribution in [-0.4, -0.2) is 9.97 Å². The van der Waals surface area contributed by atoms with Gasteiger partial charge in [0.25, 0.3) is 0 Å². The molecule has 0 atom stereocenters. The zero-order valence-electron chi connectivity index (χ0n) is 10.6. The second kappa shape index (κ2) is 5.48. The fourth-order valence-electron chi connectivity index (χ4n) is 1.94. The third-order valence-electron chi connectivity index (χ3n) is 2.85. The number of pyridine rings is 2. The van der Waals surface area contributed by atoms with Gasteiger partial charge < -0.3 is 5.32 Å². The zero-order chi connectivity index (χ0) is 13.8. The molecule has 0 unspecified atom stereocenters. The molecule has 1 N–H and O–H groups in total. The van der Waals surface area contributed by atoms with Gasteiger partial charge in [0.15, 0.2) is 0 Å². The van der Waals surface area contributed by atoms with Gasteiger partial charge in [0.1, 0.15) is 11.6 Å². The Bertz CT molecular complexity index is 699. The molecule has 0 saturated heterocycles. The molecule has 2 aromatic heterocycles. The molecule has 3 aromatic rings. The van der Waals surface area contributed by atoms with Crippen molar-refractivity contribution < 1.29 is 4.39 Å². The summed E-state index contributed by atoms with van der Waals surface area (Å²) in [7, 11) is 0. The zero-order valence-corrected chi connectivity index (χ0v) is 10.6. The maximum absolute atomic E-state index is 13.5. The van der Waals surface area contributed by atoms with Crippen molar-refractivity contribution in [3.63, 3.8) is 0 Å². The first kappa shape index (κ1) is 12.3. The Morgan fingerprint density at radius 3 is 2.35 bits per heavy atom. The van der Waals surface area contributed by atoms with E-state index < -0.39 is 0 Å². The fourth-order valence-corrected chi connectivity index (χ4v) is 1.94. The van der Waals surface area contributed by atoms with E-state index in [4.69, 9.17) is 0 Å². The number of hydrogen-bond donors (Lipinski definition) is 1. The van der Waals surface area contributed by atoms with Crippen LogP contribution in [0, 0.1) is 5.82 Å². The minimum absolute atomic E-state index is 0.303. The maximum Gasteiger partial charge on any atom is 0.130 e. The van der Waals surface area contributed by atoms with E-state index in [1.807, 2.05) is 36.4 Å². The van der Waals surface area contributed by atoms with Crippen molar-refractivity contribution in [2.24, 2.45) is 0 Å². The quantitative estimate of drug-likeness (QED) is 0.777. The Balaban J connectivity index is 2.03. The fraction of sp³-hybridized carbons (Fsp3) is 0. The van der Waals surface area contributed by atoms with Crippen LogP contribution in [-0.2, 0) is 0 Å². The molecule has 0 radical (unpaired) electrons. The van der Waals surface area contributed by atoms with Crippen molar-refractivity contribution in [1.29, 1.82) is 0 Å². The van der Waals surface area contributed by atoms with Gasteiger partial charge >= 0.3 is 0 Å². The molecule has 20 heavy (non-hydrogen) atoms. The van der Waals surface area contributed by atoms with Crippen LogP contribution >= 0.6 is 0 Å². The van der Waals surface area contributed by atoms with E-state index in [0.717, 1.165) is 11.3 Å². The first-order valence-electron chi connectivity index (χ1n) is 6.22. The Hall–Kier alpha value is -2.75. The molecule has 0 fully saturated rings. The third-order valence-corrected chi connectivity index (χ3v) is 2.85. The highest BCUT2D eigenvalue weighted by atomic mass is 19.1. The monoisotopic (exact) mass is 265 g/mol. The number of anilines is 2. The van der Waals surface area contributed by atoms with Crippen molar-refractivity contribution in [3.05, 3.63) is 72.8 Å². The average molecular weight is 265 g/mol. The number of halogens is 1. The first-order chi connectivity index (χ1) is 9.83. The van der Waals surface area contributed by atoms with Crippen LogP contribution in [0.3, 0.4) is 0 Å². The normalized spacial score (nSPS) is 10.2. The Kier molecular flexibility index (Phi) is 3.37. The molecule has 0 aliphatic rings. The van der Waals surface area contributed by atoms with Gasteiger partial charge in [-0.15, -0.1) is 0 Å². The summed E-state index contributed by atoms with van der Waals surface area (Å²) in [5, 5.41) is 3.12. The third kappa shape index (κ3) is 2.64. The van der Waals surface area contributed by atoms with Crippen molar-refractivity contribution in [2.45, 2.75) is 0 Å². The SMILES string of the molecule is Fc1ccc(-c2ccccn2)c(Nc2ccccn2)c1. The Morgan fingerprint density at radius 1 is 0.850 bits per heavy atom. The Morgan fingerprint density at radius 2 is 1.65 bits per heavy atom. The molecule has 0 aliphatic heterocycles. The van der Waals surface area contributed by atoms with Gasteiger partial charge in [-0.1, -0.05) is 12.1 Å². The minimum Gasteiger partial charge on any atom is -0.340 e. The highest BCUT2D eigenvalue weighted by Gasteiger charge is 2.08. The molecule has 2 heterocycles. The number of benzene rings is 1. The smallest absolute Gasteiger partial charge is 0.130 e. The predicted octanol–water partition coefficient (Wildman–Crippen LogP) is 4.03. The summed E-state index contributed by atoms with van der Waals surface area (Å²) in [5.41, 5.74) is 2.26. The van der Waals surface area contributed by atoms with Crippen LogP contribution in [0.15, 0.2) is 67.0 Å². The summed E-state index contributed by atoms with van der Waals surface area (Å²) in [6.45, 7) is 0. The van der Waals surface area contributed by atoms with Gasteiger partial charge in [0.2, 0.25) is 0 Å². The predicted molar refractivity (Wildman–Crippen MR) is 77.2 cm³/mol. The van der Waals surface area contributed by atoms with Gasteiger partial charge in [0, 0.05) is 18.0 Å². The van der Waals surface area contributed by atoms with Gasteiger partial charge in [0.05, 0.1) is 11.4 Å². The Labute approximate surface area is 116 Å². The summed E-state index contributed by atoms with van der Waals surface area (Å²) in [5.74, 6) is 0.360. The van der Waals surface area contributed by atoms with Gasteiger partial charge in [-0.3, -0.25) is 4.98 Å². The molecule has 0 bridgehead atoms. The molecular weight excluding hydrogens is 253 g/mol. The lowest BCUT2D eigenvalue weighted by Gasteiger charge is -2.11. The van der Waals surface area contributed by atoms with Crippen LogP contribution in [0.25, 0.3) is 11.3 Å². The number of aromatic nitrogens is 2. The van der Waals surface area contributed by atoms with E-state index in [2.05, 4.69) is 15.3 Å². The molecule has 0 spiro atoms. The number of hydrogen-bond acceptors (Lipinski definition) is 3. The van der Waals surface area contributed by atoms with Gasteiger partial charge in [-0.25, -0.2) is 9.37 Å². The maximum atomic E-state index is 13.5. The first-order valence-corrected chi connectivity index (χ1v) is 6.22. The average Bonchev–Trinajstić information content (AvgIpc) is 2.49. The number of nitrogens with zero attached hydrogens (tertiary/aromatic N) is 2. The van der Waals surface area contributed by atoms with Crippen molar-refractivity contribution in [2.75, 3.05) is 5.32 Å². The van der Waals surface area contributed by atoms with Crippen molar-refractivity contribution in [3.8, 4) is 11.3 Å². The lowest BCUT2D eigenvalue weighted by molar-refractivity contribution is 0.628. The topological polar surface area (TPSA) is 37.8 Å². The standard InChI is InChI=1S/C16H12FN3/c17-12-7-8-13(14-5-1-3-9-18-14)15(11-12)20-16-6-2-4-10-19-16/h1-11H,(H,19,20). The second-order valence-corrected chi connectivity index (χ2v) is 4.24. The van der Waals surface area contributed by atoms with E-state index in [9.17, 15) is 4.39 Å². The van der Waals surface area contributed by atoms with Crippen LogP contribution in [0.2, 0.25) is 0 Å². The van der Waals surface area contributed by atoms with Crippen LogP contribution in [0.4, 0.5) is 15.9 Å². The number of nitrogens with one attached hydrogen (secondary N) is 1. The molecule has 0 aliphatic carbocycles. The number of rotatable bonds is 3. The molecule has 3 nitrogen and oxygen atoms in total. The van der Waals surface area contributed by atoms with Crippen LogP contribution in [0.5, 0.6) is 0 Å². The minimum atomic E-state index is -0.303. The van der Waals surface area contributed by atoms with E-state index >= 15 is 0 Å². The lowest BCUT2D eigenvalue weighted by Crippen LogP contribution is -1.97. The molecule has 4 heteroatoms. The van der Waals surface area contributed by atoms with E-state index in [1.54, 1.807) is 18.5 Å². The molecule has 0 saturated carbocycles. The van der Waals surface area contributed by atoms with Crippen molar-refractivity contribution >= 4 is 11.5 Å². The molecule has 1 aromatic carbocycles. The van der Waals surface area contributed by atoms with Crippen LogP contribution in [0.1, 0.15) is 0 Å². The summed E-state index contributed by atoms with van der Waals surface area (Å²) in [4.78, 5) is 8.48. The highest BCUT2D eigenvalue weighted by molar-refractivity contribution is 5.78. The summed E-state index contributed by atoms with van der Waals surface area (Å²) < 4.78 is 13.5. The molecular formula is C16H12FN3. The summed E-state index contributed by atoms with van der Waals surface area (Å²) in [6.07, 6.45) is 3.39. The molecule has 3 rings (SSSR count). The van der Waals surface area contributed by atoms with E-state index in [1.165, 1.54) is 12.1 Å². The van der Waals surface area contributed by atoms with E-state index in [0.29, 0.717) is 11.5 Å². The molecule has 98 valence electrons. The van der Waals surface area contributed by atoms with Gasteiger partial charge in [-0.2, -0.15) is 0 Å². The molecule has 0 amide bonds. The second-order valence-electron chi connectivity index (χ2n) is 4.24.